The van der Waals surface area contributed by atoms with E-state index in [9.17, 15) is 13.6 Å². The molecular formula is C26H20F2N8O. The standard InChI is InChI=1S/C26H20F2N8O/c1-13-30-24-18(11-14-3-7-16(27)8-4-14)31-19(12-36(24)35-13)22-32-21(29)20-23(33-22)34-25(37)26(20,2)15-5-9-17(28)10-6-15/h3-10,12H,11H2,1-2H3,(H3,29,32,33,34,37)/t26-/m0/s1. The van der Waals surface area contributed by atoms with E-state index in [0.717, 1.165) is 5.56 Å². The van der Waals surface area contributed by atoms with Gasteiger partial charge in [0.25, 0.3) is 0 Å². The van der Waals surface area contributed by atoms with Crippen LogP contribution >= 0.6 is 0 Å². The Balaban J connectivity index is 1.47. The van der Waals surface area contributed by atoms with Gasteiger partial charge in [0.2, 0.25) is 5.91 Å². The molecule has 3 aromatic heterocycles. The summed E-state index contributed by atoms with van der Waals surface area (Å²) in [5, 5.41) is 7.20. The number of rotatable bonds is 4. The maximum absolute atomic E-state index is 13.5. The van der Waals surface area contributed by atoms with Crippen molar-refractivity contribution in [1.82, 2.24) is 29.5 Å². The highest BCUT2D eigenvalue weighted by Crippen LogP contribution is 2.44. The van der Waals surface area contributed by atoms with E-state index in [4.69, 9.17) is 10.7 Å². The van der Waals surface area contributed by atoms with Crippen LogP contribution in [0.15, 0.2) is 54.7 Å². The average molecular weight is 498 g/mol. The van der Waals surface area contributed by atoms with Gasteiger partial charge in [-0.1, -0.05) is 24.3 Å². The van der Waals surface area contributed by atoms with Gasteiger partial charge in [0.1, 0.15) is 40.2 Å². The second-order valence-electron chi connectivity index (χ2n) is 9.05. The first kappa shape index (κ1) is 22.7. The molecule has 11 heteroatoms. The van der Waals surface area contributed by atoms with E-state index in [1.54, 1.807) is 48.8 Å². The minimum atomic E-state index is -1.19. The van der Waals surface area contributed by atoms with Crippen LogP contribution < -0.4 is 11.1 Å². The lowest BCUT2D eigenvalue weighted by molar-refractivity contribution is -0.119. The molecule has 0 fully saturated rings. The molecule has 0 radical (unpaired) electrons. The fraction of sp³-hybridized carbons (Fsp3) is 0.154. The number of nitrogen functional groups attached to an aromatic ring is 1. The smallest absolute Gasteiger partial charge is 0.240 e. The maximum Gasteiger partial charge on any atom is 0.240 e. The maximum atomic E-state index is 13.5. The first-order chi connectivity index (χ1) is 17.7. The van der Waals surface area contributed by atoms with Gasteiger partial charge < -0.3 is 11.1 Å². The molecule has 0 bridgehead atoms. The lowest BCUT2D eigenvalue weighted by Crippen LogP contribution is -2.33. The molecule has 9 nitrogen and oxygen atoms in total. The van der Waals surface area contributed by atoms with Crippen molar-refractivity contribution in [2.75, 3.05) is 11.1 Å². The zero-order valence-corrected chi connectivity index (χ0v) is 19.8. The van der Waals surface area contributed by atoms with Crippen LogP contribution in [0.3, 0.4) is 0 Å². The minimum Gasteiger partial charge on any atom is -0.383 e. The molecule has 1 aliphatic heterocycles. The zero-order valence-electron chi connectivity index (χ0n) is 19.8. The molecule has 1 amide bonds. The van der Waals surface area contributed by atoms with Gasteiger partial charge in [0, 0.05) is 6.42 Å². The van der Waals surface area contributed by atoms with E-state index in [1.165, 1.54) is 24.3 Å². The number of carbonyl (C=O) groups is 1. The molecule has 0 saturated carbocycles. The fourth-order valence-corrected chi connectivity index (χ4v) is 4.66. The van der Waals surface area contributed by atoms with Crippen molar-refractivity contribution in [3.63, 3.8) is 0 Å². The normalized spacial score (nSPS) is 16.7. The van der Waals surface area contributed by atoms with Gasteiger partial charge in [0.05, 0.1) is 17.5 Å². The third-order valence-electron chi connectivity index (χ3n) is 6.55. The Morgan fingerprint density at radius 3 is 2.35 bits per heavy atom. The summed E-state index contributed by atoms with van der Waals surface area (Å²) in [6, 6.07) is 11.8. The second kappa shape index (κ2) is 8.12. The van der Waals surface area contributed by atoms with Crippen molar-refractivity contribution in [1.29, 1.82) is 0 Å². The predicted molar refractivity (Wildman–Crippen MR) is 132 cm³/mol. The third kappa shape index (κ3) is 3.66. The number of nitrogens with two attached hydrogens (primary N) is 1. The lowest BCUT2D eigenvalue weighted by Gasteiger charge is -2.23. The number of hydrogen-bond acceptors (Lipinski definition) is 7. The molecule has 0 spiro atoms. The third-order valence-corrected chi connectivity index (χ3v) is 6.55. The van der Waals surface area contributed by atoms with Crippen LogP contribution in [0.4, 0.5) is 20.4 Å². The van der Waals surface area contributed by atoms with Crippen LogP contribution in [0.2, 0.25) is 0 Å². The van der Waals surface area contributed by atoms with E-state index in [-0.39, 0.29) is 29.2 Å². The fourth-order valence-electron chi connectivity index (χ4n) is 4.66. The Bertz CT molecular complexity index is 1700. The molecule has 5 aromatic rings. The van der Waals surface area contributed by atoms with Crippen molar-refractivity contribution in [3.05, 3.63) is 94.6 Å². The molecule has 0 saturated heterocycles. The van der Waals surface area contributed by atoms with Crippen molar-refractivity contribution < 1.29 is 13.6 Å². The van der Waals surface area contributed by atoms with Gasteiger partial charge in [-0.15, -0.1) is 0 Å². The van der Waals surface area contributed by atoms with Crippen molar-refractivity contribution in [2.45, 2.75) is 25.7 Å². The van der Waals surface area contributed by atoms with Gasteiger partial charge in [0.15, 0.2) is 11.5 Å². The molecule has 0 unspecified atom stereocenters. The van der Waals surface area contributed by atoms with E-state index in [1.807, 2.05) is 0 Å². The van der Waals surface area contributed by atoms with Crippen LogP contribution in [0.25, 0.3) is 17.2 Å². The molecule has 4 heterocycles. The number of fused-ring (bicyclic) bond motifs is 2. The molecule has 37 heavy (non-hydrogen) atoms. The summed E-state index contributed by atoms with van der Waals surface area (Å²) < 4.78 is 28.5. The summed E-state index contributed by atoms with van der Waals surface area (Å²) in [4.78, 5) is 31.4. The second-order valence-corrected chi connectivity index (χ2v) is 9.05. The summed E-state index contributed by atoms with van der Waals surface area (Å²) >= 11 is 0. The number of amides is 1. The Morgan fingerprint density at radius 1 is 0.973 bits per heavy atom. The highest BCUT2D eigenvalue weighted by molar-refractivity contribution is 6.09. The molecular weight excluding hydrogens is 478 g/mol. The number of aryl methyl sites for hydroxylation is 1. The number of carbonyl (C=O) groups excluding carboxylic acids is 1. The van der Waals surface area contributed by atoms with Crippen LogP contribution in [0.1, 0.15) is 35.1 Å². The van der Waals surface area contributed by atoms with Crippen LogP contribution in [-0.2, 0) is 16.6 Å². The average Bonchev–Trinajstić information content (AvgIpc) is 3.37. The van der Waals surface area contributed by atoms with Crippen LogP contribution in [-0.4, -0.2) is 35.5 Å². The highest BCUT2D eigenvalue weighted by atomic mass is 19.1. The zero-order chi connectivity index (χ0) is 25.9. The van der Waals surface area contributed by atoms with Gasteiger partial charge in [-0.05, 0) is 49.2 Å². The van der Waals surface area contributed by atoms with Crippen molar-refractivity contribution >= 4 is 23.2 Å². The quantitative estimate of drug-likeness (QED) is 0.388. The predicted octanol–water partition coefficient (Wildman–Crippen LogP) is 3.60. The van der Waals surface area contributed by atoms with Crippen molar-refractivity contribution in [3.8, 4) is 11.5 Å². The molecule has 184 valence electrons. The first-order valence-electron chi connectivity index (χ1n) is 11.5. The van der Waals surface area contributed by atoms with Crippen LogP contribution in [0.5, 0.6) is 0 Å². The summed E-state index contributed by atoms with van der Waals surface area (Å²) in [6.45, 7) is 3.47. The van der Waals surface area contributed by atoms with E-state index in [2.05, 4.69) is 25.4 Å². The van der Waals surface area contributed by atoms with Gasteiger partial charge in [-0.3, -0.25) is 4.79 Å². The number of aromatic nitrogens is 6. The van der Waals surface area contributed by atoms with Crippen LogP contribution in [0, 0.1) is 18.6 Å². The number of anilines is 2. The summed E-state index contributed by atoms with van der Waals surface area (Å²) in [5.74, 6) is 0.0151. The van der Waals surface area contributed by atoms with Gasteiger partial charge in [-0.2, -0.15) is 5.10 Å². The van der Waals surface area contributed by atoms with Gasteiger partial charge in [-0.25, -0.2) is 33.2 Å². The molecule has 0 aliphatic carbocycles. The molecule has 3 N–H and O–H groups in total. The first-order valence-corrected chi connectivity index (χ1v) is 11.5. The lowest BCUT2D eigenvalue weighted by atomic mass is 9.78. The molecule has 6 rings (SSSR count). The Kier molecular flexibility index (Phi) is 4.97. The topological polar surface area (TPSA) is 124 Å². The SMILES string of the molecule is Cc1nc2c(Cc3ccc(F)cc3)nc(-c3nc(N)c4c(n3)NC(=O)[C@@]4(C)c3ccc(F)cc3)cn2n1. The number of halogens is 2. The number of nitrogens with zero attached hydrogens (tertiary/aromatic N) is 6. The number of benzene rings is 2. The van der Waals surface area contributed by atoms with Gasteiger partial charge >= 0.3 is 0 Å². The molecule has 1 aliphatic rings. The number of nitrogens with one attached hydrogen (secondary N) is 1. The number of hydrogen-bond donors (Lipinski definition) is 2. The Labute approximate surface area is 209 Å². The summed E-state index contributed by atoms with van der Waals surface area (Å²) in [7, 11) is 0. The highest BCUT2D eigenvalue weighted by Gasteiger charge is 2.47. The largest absolute Gasteiger partial charge is 0.383 e. The Hall–Kier alpha value is -4.80. The minimum absolute atomic E-state index is 0.0990. The van der Waals surface area contributed by atoms with E-state index in [0.29, 0.717) is 40.4 Å². The monoisotopic (exact) mass is 498 g/mol. The van der Waals surface area contributed by atoms with E-state index < -0.39 is 11.2 Å². The summed E-state index contributed by atoms with van der Waals surface area (Å²) in [6.07, 6.45) is 2.01. The van der Waals surface area contributed by atoms with E-state index >= 15 is 0 Å². The molecule has 1 atom stereocenters. The van der Waals surface area contributed by atoms with Crippen molar-refractivity contribution in [2.24, 2.45) is 0 Å². The Morgan fingerprint density at radius 2 is 1.65 bits per heavy atom. The summed E-state index contributed by atoms with van der Waals surface area (Å²) in [5.41, 5.74) is 8.52. The molecule has 2 aromatic carbocycles.